The molecule has 0 aromatic heterocycles. The molecule has 1 aliphatic heterocycles. The summed E-state index contributed by atoms with van der Waals surface area (Å²) < 4.78 is 19.4. The fourth-order valence-corrected chi connectivity index (χ4v) is 12.0. The second kappa shape index (κ2) is 10.4. The van der Waals surface area contributed by atoms with Crippen LogP contribution in [0.2, 0.25) is 5.04 Å². The maximum absolute atomic E-state index is 13.3. The number of carbonyl (C=O) groups excluding carboxylic acids is 1. The van der Waals surface area contributed by atoms with Gasteiger partial charge in [-0.25, -0.2) is 0 Å². The molecule has 1 saturated heterocycles. The predicted octanol–water partition coefficient (Wildman–Crippen LogP) is 5.40. The zero-order valence-electron chi connectivity index (χ0n) is 23.9. The van der Waals surface area contributed by atoms with Gasteiger partial charge in [-0.05, 0) is 45.8 Å². The molecule has 2 aromatic carbocycles. The second-order valence-corrected chi connectivity index (χ2v) is 17.1. The van der Waals surface area contributed by atoms with E-state index in [4.69, 9.17) is 13.9 Å². The van der Waals surface area contributed by atoms with Gasteiger partial charge >= 0.3 is 0 Å². The first kappa shape index (κ1) is 28.0. The Labute approximate surface area is 234 Å². The summed E-state index contributed by atoms with van der Waals surface area (Å²) in [7, 11) is -2.82. The van der Waals surface area contributed by atoms with Gasteiger partial charge in [-0.15, -0.1) is 0 Å². The Hall–Kier alpha value is -2.56. The topological polar surface area (TPSA) is 68.6 Å². The van der Waals surface area contributed by atoms with E-state index < -0.39 is 25.4 Å². The van der Waals surface area contributed by atoms with E-state index in [0.29, 0.717) is 32.7 Å². The van der Waals surface area contributed by atoms with Crippen molar-refractivity contribution in [2.45, 2.75) is 65.2 Å². The maximum Gasteiger partial charge on any atom is 0.261 e. The van der Waals surface area contributed by atoms with Crippen molar-refractivity contribution < 1.29 is 18.7 Å². The van der Waals surface area contributed by atoms with E-state index in [1.54, 1.807) is 6.08 Å². The summed E-state index contributed by atoms with van der Waals surface area (Å²) in [6.45, 7) is 12.5. The van der Waals surface area contributed by atoms with Gasteiger partial charge in [-0.3, -0.25) is 4.79 Å². The zero-order valence-corrected chi connectivity index (χ0v) is 24.9. The largest absolute Gasteiger partial charge is 0.407 e. The van der Waals surface area contributed by atoms with Crippen molar-refractivity contribution >= 4 is 24.5 Å². The summed E-state index contributed by atoms with van der Waals surface area (Å²) in [4.78, 5) is 13.3. The lowest BCUT2D eigenvalue weighted by atomic mass is 9.49. The first-order valence-corrected chi connectivity index (χ1v) is 16.2. The van der Waals surface area contributed by atoms with Crippen LogP contribution in [0.3, 0.4) is 0 Å². The van der Waals surface area contributed by atoms with Gasteiger partial charge in [0, 0.05) is 24.4 Å². The van der Waals surface area contributed by atoms with Gasteiger partial charge in [0.1, 0.15) is 0 Å². The van der Waals surface area contributed by atoms with Crippen LogP contribution in [-0.2, 0) is 18.7 Å². The highest BCUT2D eigenvalue weighted by Crippen LogP contribution is 2.61. The number of hydrogen-bond donors (Lipinski definition) is 0. The molecule has 206 valence electrons. The molecule has 6 heteroatoms. The molecule has 0 spiro atoms. The standard InChI is InChI=1S/C33H41NO4Si/c1-24-16-17-33(23-34)25(20-26(35)21-29(33)32(24,5)30-36-18-19-37-30)22-38-39(31(2,3)4,27-12-8-6-9-13-27)28-14-10-7-11-15-28/h6-15,21,24-25,30H,16-20,22H2,1-5H3/t24-,25?,32+,33-/m1/s1. The Kier molecular flexibility index (Phi) is 7.49. The summed E-state index contributed by atoms with van der Waals surface area (Å²) >= 11 is 0. The number of fused-ring (bicyclic) bond motifs is 1. The lowest BCUT2D eigenvalue weighted by Gasteiger charge is -2.55. The third kappa shape index (κ3) is 4.44. The molecule has 2 aliphatic carbocycles. The quantitative estimate of drug-likeness (QED) is 0.457. The summed E-state index contributed by atoms with van der Waals surface area (Å²) in [5.41, 5.74) is -0.457. The minimum Gasteiger partial charge on any atom is -0.407 e. The first-order valence-electron chi connectivity index (χ1n) is 14.2. The number of ketones is 1. The molecule has 1 unspecified atom stereocenters. The van der Waals surface area contributed by atoms with Gasteiger partial charge in [0.2, 0.25) is 0 Å². The van der Waals surface area contributed by atoms with Crippen LogP contribution >= 0.6 is 0 Å². The number of hydrogen-bond acceptors (Lipinski definition) is 5. The average molecular weight is 544 g/mol. The van der Waals surface area contributed by atoms with Crippen LogP contribution in [0, 0.1) is 34.0 Å². The number of benzene rings is 2. The highest BCUT2D eigenvalue weighted by atomic mass is 28.4. The summed E-state index contributed by atoms with van der Waals surface area (Å²) in [6.07, 6.45) is 3.20. The molecule has 5 nitrogen and oxygen atoms in total. The van der Waals surface area contributed by atoms with Gasteiger partial charge in [0.15, 0.2) is 12.1 Å². The van der Waals surface area contributed by atoms with Gasteiger partial charge in [0.05, 0.1) is 24.7 Å². The minimum absolute atomic E-state index is 0.0604. The number of rotatable bonds is 6. The fourth-order valence-electron chi connectivity index (χ4n) is 7.43. The van der Waals surface area contributed by atoms with Crippen molar-refractivity contribution in [3.8, 4) is 6.07 Å². The molecule has 0 bridgehead atoms. The number of nitriles is 1. The van der Waals surface area contributed by atoms with Gasteiger partial charge in [-0.2, -0.15) is 5.26 Å². The highest BCUT2D eigenvalue weighted by Gasteiger charge is 2.61. The lowest BCUT2D eigenvalue weighted by Crippen LogP contribution is -2.67. The number of nitrogens with zero attached hydrogens (tertiary/aromatic N) is 1. The molecule has 2 aromatic rings. The Morgan fingerprint density at radius 1 is 1.03 bits per heavy atom. The Bertz CT molecular complexity index is 1220. The molecule has 0 amide bonds. The van der Waals surface area contributed by atoms with Crippen LogP contribution in [0.15, 0.2) is 72.3 Å². The van der Waals surface area contributed by atoms with Crippen LogP contribution in [0.4, 0.5) is 0 Å². The molecule has 5 rings (SSSR count). The number of allylic oxidation sites excluding steroid dienone is 1. The molecular weight excluding hydrogens is 502 g/mol. The van der Waals surface area contributed by atoms with E-state index >= 15 is 0 Å². The molecule has 3 aliphatic rings. The van der Waals surface area contributed by atoms with Crippen molar-refractivity contribution in [1.29, 1.82) is 5.26 Å². The second-order valence-electron chi connectivity index (χ2n) is 12.8. The van der Waals surface area contributed by atoms with Gasteiger partial charge in [-0.1, -0.05) is 95.3 Å². The molecular formula is C33H41NO4Si. The molecule has 0 radical (unpaired) electrons. The molecule has 0 N–H and O–H groups in total. The Balaban J connectivity index is 1.58. The number of carbonyl (C=O) groups is 1. The highest BCUT2D eigenvalue weighted by molar-refractivity contribution is 6.99. The van der Waals surface area contributed by atoms with Crippen LogP contribution in [0.1, 0.15) is 53.9 Å². The van der Waals surface area contributed by atoms with Gasteiger partial charge < -0.3 is 13.9 Å². The number of ether oxygens (including phenoxy) is 2. The molecule has 2 fully saturated rings. The van der Waals surface area contributed by atoms with Crippen molar-refractivity contribution in [2.75, 3.05) is 19.8 Å². The molecule has 1 saturated carbocycles. The summed E-state index contributed by atoms with van der Waals surface area (Å²) in [5, 5.41) is 13.1. The normalized spacial score (nSPS) is 29.9. The molecule has 4 atom stereocenters. The van der Waals surface area contributed by atoms with Crippen molar-refractivity contribution in [1.82, 2.24) is 0 Å². The van der Waals surface area contributed by atoms with Crippen LogP contribution in [-0.4, -0.2) is 40.2 Å². The van der Waals surface area contributed by atoms with Crippen molar-refractivity contribution in [3.63, 3.8) is 0 Å². The van der Waals surface area contributed by atoms with E-state index in [-0.39, 0.29) is 22.7 Å². The van der Waals surface area contributed by atoms with Crippen LogP contribution in [0.25, 0.3) is 0 Å². The molecule has 1 heterocycles. The average Bonchev–Trinajstić information content (AvgIpc) is 3.48. The van der Waals surface area contributed by atoms with E-state index in [9.17, 15) is 10.1 Å². The van der Waals surface area contributed by atoms with E-state index in [1.807, 2.05) is 12.1 Å². The zero-order chi connectivity index (χ0) is 27.9. The molecule has 39 heavy (non-hydrogen) atoms. The third-order valence-corrected chi connectivity index (χ3v) is 14.7. The Morgan fingerprint density at radius 3 is 2.10 bits per heavy atom. The van der Waals surface area contributed by atoms with E-state index in [1.165, 1.54) is 10.4 Å². The van der Waals surface area contributed by atoms with Gasteiger partial charge in [0.25, 0.3) is 8.32 Å². The van der Waals surface area contributed by atoms with E-state index in [2.05, 4.69) is 89.2 Å². The first-order chi connectivity index (χ1) is 18.6. The summed E-state index contributed by atoms with van der Waals surface area (Å²) in [6, 6.07) is 23.8. The lowest BCUT2D eigenvalue weighted by molar-refractivity contribution is -0.150. The predicted molar refractivity (Wildman–Crippen MR) is 155 cm³/mol. The van der Waals surface area contributed by atoms with Crippen molar-refractivity contribution in [2.24, 2.45) is 22.7 Å². The Morgan fingerprint density at radius 2 is 1.59 bits per heavy atom. The fraction of sp³-hybridized carbons (Fsp3) is 0.515. The monoisotopic (exact) mass is 543 g/mol. The van der Waals surface area contributed by atoms with Crippen molar-refractivity contribution in [3.05, 3.63) is 72.3 Å². The van der Waals surface area contributed by atoms with E-state index in [0.717, 1.165) is 12.0 Å². The van der Waals surface area contributed by atoms with Crippen LogP contribution < -0.4 is 10.4 Å². The summed E-state index contributed by atoms with van der Waals surface area (Å²) in [5.74, 6) is 0.0348. The maximum atomic E-state index is 13.3. The SMILES string of the molecule is C[C@@H]1CC[C@]2(C#N)C(=CC(=O)CC2CO[Si](c2ccccc2)(c2ccccc2)C(C)(C)C)[C@@]1(C)C1OCCO1. The third-order valence-electron chi connectivity index (χ3n) is 9.73. The van der Waals surface area contributed by atoms with Crippen LogP contribution in [0.5, 0.6) is 0 Å². The smallest absolute Gasteiger partial charge is 0.261 e. The minimum atomic E-state index is -2.82.